The van der Waals surface area contributed by atoms with Gasteiger partial charge in [-0.1, -0.05) is 11.2 Å². The number of aliphatic carboxylic acids is 1. The Hall–Kier alpha value is -3.13. The maximum atomic E-state index is 11.2. The van der Waals surface area contributed by atoms with Crippen molar-refractivity contribution < 1.29 is 23.9 Å². The molecule has 0 aliphatic heterocycles. The van der Waals surface area contributed by atoms with Gasteiger partial charge in [0.05, 0.1) is 13.7 Å². The first kappa shape index (κ1) is 18.7. The fourth-order valence-electron chi connectivity index (χ4n) is 2.46. The number of nitrogens with zero attached hydrogens (tertiary/aromatic N) is 2. The minimum atomic E-state index is -1.24. The number of ether oxygens (including phenoxy) is 2. The third-order valence-corrected chi connectivity index (χ3v) is 4.33. The van der Waals surface area contributed by atoms with E-state index in [-0.39, 0.29) is 12.3 Å². The molecule has 0 unspecified atom stereocenters. The molecule has 1 aromatic carbocycles. The van der Waals surface area contributed by atoms with Crippen LogP contribution in [-0.4, -0.2) is 29.8 Å². The van der Waals surface area contributed by atoms with Crippen molar-refractivity contribution in [2.75, 3.05) is 13.7 Å². The molecule has 2 heterocycles. The number of aromatic nitrogens is 2. The SMILES string of the molecule is CCOc1ccc(/C=C(\CC(=O)[O-])c2nc(-c3ccsc3)no2)cc1OC. The average molecular weight is 385 g/mol. The summed E-state index contributed by atoms with van der Waals surface area (Å²) in [6.45, 7) is 2.39. The van der Waals surface area contributed by atoms with E-state index in [1.54, 1.807) is 31.4 Å². The summed E-state index contributed by atoms with van der Waals surface area (Å²) in [5.74, 6) is 0.446. The minimum absolute atomic E-state index is 0.133. The van der Waals surface area contributed by atoms with Crippen LogP contribution < -0.4 is 14.6 Å². The predicted octanol–water partition coefficient (Wildman–Crippen LogP) is 2.89. The normalized spacial score (nSPS) is 11.4. The molecule has 0 atom stereocenters. The molecule has 3 aromatic rings. The Labute approximate surface area is 159 Å². The maximum absolute atomic E-state index is 11.2. The van der Waals surface area contributed by atoms with Crippen LogP contribution in [0.4, 0.5) is 0 Å². The van der Waals surface area contributed by atoms with Crippen molar-refractivity contribution in [1.82, 2.24) is 10.1 Å². The lowest BCUT2D eigenvalue weighted by Gasteiger charge is -2.10. The first-order valence-electron chi connectivity index (χ1n) is 8.18. The van der Waals surface area contributed by atoms with Gasteiger partial charge in [0, 0.05) is 28.9 Å². The van der Waals surface area contributed by atoms with Crippen molar-refractivity contribution in [1.29, 1.82) is 0 Å². The van der Waals surface area contributed by atoms with E-state index < -0.39 is 5.97 Å². The number of thiophene rings is 1. The highest BCUT2D eigenvalue weighted by Gasteiger charge is 2.14. The molecule has 2 aromatic heterocycles. The molecule has 0 aliphatic rings. The van der Waals surface area contributed by atoms with Gasteiger partial charge >= 0.3 is 0 Å². The van der Waals surface area contributed by atoms with Crippen LogP contribution in [0.5, 0.6) is 11.5 Å². The molecule has 0 bridgehead atoms. The zero-order valence-corrected chi connectivity index (χ0v) is 15.6. The molecular formula is C19H17N2O5S-. The summed E-state index contributed by atoms with van der Waals surface area (Å²) in [5, 5.41) is 18.9. The highest BCUT2D eigenvalue weighted by atomic mass is 32.1. The molecule has 0 radical (unpaired) electrons. The third-order valence-electron chi connectivity index (χ3n) is 3.64. The Morgan fingerprint density at radius 1 is 1.33 bits per heavy atom. The molecule has 27 heavy (non-hydrogen) atoms. The number of hydrogen-bond donors (Lipinski definition) is 0. The standard InChI is InChI=1S/C19H18N2O5S/c1-3-25-15-5-4-12(9-16(15)24-2)8-14(10-17(22)23)19-20-18(21-26-19)13-6-7-27-11-13/h4-9,11H,3,10H2,1-2H3,(H,22,23)/p-1/b14-8+. The van der Waals surface area contributed by atoms with E-state index >= 15 is 0 Å². The molecule has 0 amide bonds. The van der Waals surface area contributed by atoms with Gasteiger partial charge in [-0.2, -0.15) is 16.3 Å². The van der Waals surface area contributed by atoms with Crippen LogP contribution >= 0.6 is 11.3 Å². The molecule has 0 saturated heterocycles. The lowest BCUT2D eigenvalue weighted by Crippen LogP contribution is -2.22. The topological polar surface area (TPSA) is 97.5 Å². The Kier molecular flexibility index (Phi) is 5.87. The largest absolute Gasteiger partial charge is 0.550 e. The van der Waals surface area contributed by atoms with E-state index in [1.807, 2.05) is 23.8 Å². The zero-order chi connectivity index (χ0) is 19.2. The Bertz CT molecular complexity index is 947. The second kappa shape index (κ2) is 8.50. The predicted molar refractivity (Wildman–Crippen MR) is 99.3 cm³/mol. The van der Waals surface area contributed by atoms with E-state index in [1.165, 1.54) is 11.3 Å². The number of carboxylic acid groups (broad SMARTS) is 1. The molecule has 0 spiro atoms. The van der Waals surface area contributed by atoms with E-state index in [9.17, 15) is 9.90 Å². The van der Waals surface area contributed by atoms with Gasteiger partial charge in [0.2, 0.25) is 5.82 Å². The fourth-order valence-corrected chi connectivity index (χ4v) is 3.09. The van der Waals surface area contributed by atoms with Gasteiger partial charge < -0.3 is 23.9 Å². The molecule has 0 saturated carbocycles. The second-order valence-electron chi connectivity index (χ2n) is 5.50. The molecule has 3 rings (SSSR count). The Balaban J connectivity index is 1.96. The molecule has 7 nitrogen and oxygen atoms in total. The van der Waals surface area contributed by atoms with Crippen LogP contribution in [0.1, 0.15) is 24.8 Å². The maximum Gasteiger partial charge on any atom is 0.254 e. The summed E-state index contributed by atoms with van der Waals surface area (Å²) in [6, 6.07) is 7.16. The van der Waals surface area contributed by atoms with Gasteiger partial charge in [0.1, 0.15) is 0 Å². The third kappa shape index (κ3) is 4.53. The summed E-state index contributed by atoms with van der Waals surface area (Å²) in [5.41, 5.74) is 1.86. The Morgan fingerprint density at radius 2 is 2.19 bits per heavy atom. The van der Waals surface area contributed by atoms with E-state index in [0.29, 0.717) is 35.1 Å². The van der Waals surface area contributed by atoms with E-state index in [2.05, 4.69) is 10.1 Å². The summed E-state index contributed by atoms with van der Waals surface area (Å²) in [6.07, 6.45) is 1.29. The zero-order valence-electron chi connectivity index (χ0n) is 14.8. The number of carbonyl (C=O) groups is 1. The first-order valence-corrected chi connectivity index (χ1v) is 9.13. The van der Waals surface area contributed by atoms with Crippen LogP contribution in [0, 0.1) is 0 Å². The molecule has 0 fully saturated rings. The monoisotopic (exact) mass is 385 g/mol. The molecule has 0 aliphatic carbocycles. The Morgan fingerprint density at radius 3 is 2.85 bits per heavy atom. The van der Waals surface area contributed by atoms with E-state index in [0.717, 1.165) is 5.56 Å². The number of hydrogen-bond acceptors (Lipinski definition) is 8. The number of methoxy groups -OCH3 is 1. The van der Waals surface area contributed by atoms with Crippen molar-refractivity contribution in [2.24, 2.45) is 0 Å². The van der Waals surface area contributed by atoms with Crippen LogP contribution in [0.15, 0.2) is 39.5 Å². The van der Waals surface area contributed by atoms with Crippen molar-refractivity contribution >= 4 is 29.0 Å². The van der Waals surface area contributed by atoms with E-state index in [4.69, 9.17) is 14.0 Å². The summed E-state index contributed by atoms with van der Waals surface area (Å²) in [4.78, 5) is 15.5. The summed E-state index contributed by atoms with van der Waals surface area (Å²) in [7, 11) is 1.54. The number of carbonyl (C=O) groups excluding carboxylic acids is 1. The molecule has 0 N–H and O–H groups in total. The van der Waals surface area contributed by atoms with Crippen molar-refractivity contribution in [2.45, 2.75) is 13.3 Å². The van der Waals surface area contributed by atoms with Gasteiger partial charge in [-0.05, 0) is 42.1 Å². The van der Waals surface area contributed by atoms with Crippen LogP contribution in [0.2, 0.25) is 0 Å². The van der Waals surface area contributed by atoms with Gasteiger partial charge in [0.25, 0.3) is 5.89 Å². The van der Waals surface area contributed by atoms with Crippen molar-refractivity contribution in [3.8, 4) is 22.9 Å². The van der Waals surface area contributed by atoms with Gasteiger partial charge in [-0.3, -0.25) is 0 Å². The highest BCUT2D eigenvalue weighted by molar-refractivity contribution is 7.08. The number of benzene rings is 1. The molecule has 8 heteroatoms. The number of rotatable bonds is 8. The lowest BCUT2D eigenvalue weighted by molar-refractivity contribution is -0.304. The van der Waals surface area contributed by atoms with Crippen molar-refractivity contribution in [3.63, 3.8) is 0 Å². The highest BCUT2D eigenvalue weighted by Crippen LogP contribution is 2.30. The minimum Gasteiger partial charge on any atom is -0.550 e. The van der Waals surface area contributed by atoms with Gasteiger partial charge in [0.15, 0.2) is 11.5 Å². The summed E-state index contributed by atoms with van der Waals surface area (Å²) < 4.78 is 16.1. The second-order valence-corrected chi connectivity index (χ2v) is 6.28. The average Bonchev–Trinajstić information content (AvgIpc) is 3.33. The van der Waals surface area contributed by atoms with Crippen LogP contribution in [-0.2, 0) is 4.79 Å². The quantitative estimate of drug-likeness (QED) is 0.588. The van der Waals surface area contributed by atoms with Crippen LogP contribution in [0.3, 0.4) is 0 Å². The smallest absolute Gasteiger partial charge is 0.254 e. The summed E-state index contributed by atoms with van der Waals surface area (Å²) >= 11 is 1.51. The number of carboxylic acids is 1. The van der Waals surface area contributed by atoms with Gasteiger partial charge in [-0.25, -0.2) is 0 Å². The molecular weight excluding hydrogens is 368 g/mol. The van der Waals surface area contributed by atoms with Crippen molar-refractivity contribution in [3.05, 3.63) is 46.5 Å². The van der Waals surface area contributed by atoms with Crippen LogP contribution in [0.25, 0.3) is 23.0 Å². The fraction of sp³-hybridized carbons (Fsp3) is 0.211. The molecule has 140 valence electrons. The first-order chi connectivity index (χ1) is 13.1. The lowest BCUT2D eigenvalue weighted by atomic mass is 10.1. The van der Waals surface area contributed by atoms with Gasteiger partial charge in [-0.15, -0.1) is 0 Å².